The molecule has 0 unspecified atom stereocenters. The fraction of sp³-hybridized carbons (Fsp3) is 0.222. The smallest absolute Gasteiger partial charge is 0.296 e. The molecule has 0 radical (unpaired) electrons. The molecule has 0 saturated carbocycles. The summed E-state index contributed by atoms with van der Waals surface area (Å²) >= 11 is 0. The Hall–Kier alpha value is -1.89. The molecule has 0 aliphatic carbocycles. The van der Waals surface area contributed by atoms with Gasteiger partial charge in [0, 0.05) is 12.4 Å². The molecule has 1 N–H and O–H groups in total. The minimum atomic E-state index is -0.310. The van der Waals surface area contributed by atoms with E-state index in [1.165, 1.54) is 0 Å². The summed E-state index contributed by atoms with van der Waals surface area (Å²) in [5.74, 6) is 5.13. The van der Waals surface area contributed by atoms with E-state index in [1.807, 2.05) is 0 Å². The number of hydrogen-bond acceptors (Lipinski definition) is 3. The first-order valence-electron chi connectivity index (χ1n) is 3.79. The Morgan fingerprint density at radius 1 is 1.54 bits per heavy atom. The number of carbonyl (C=O) groups excluding carboxylic acids is 1. The van der Waals surface area contributed by atoms with E-state index in [1.54, 1.807) is 25.4 Å². The van der Waals surface area contributed by atoms with Gasteiger partial charge < -0.3 is 5.32 Å². The van der Waals surface area contributed by atoms with Gasteiger partial charge in [0.15, 0.2) is 0 Å². The van der Waals surface area contributed by atoms with Crippen molar-refractivity contribution < 1.29 is 4.79 Å². The van der Waals surface area contributed by atoms with Gasteiger partial charge in [-0.2, -0.15) is 0 Å². The number of amides is 1. The normalized spacial score (nSPS) is 8.38. The molecule has 0 spiro atoms. The summed E-state index contributed by atoms with van der Waals surface area (Å²) in [6.45, 7) is 1.92. The predicted octanol–water partition coefficient (Wildman–Crippen LogP) is 0.116. The molecule has 1 amide bonds. The minimum Gasteiger partial charge on any atom is -0.338 e. The van der Waals surface area contributed by atoms with Gasteiger partial charge in [0.2, 0.25) is 0 Å². The predicted molar refractivity (Wildman–Crippen MR) is 47.3 cm³/mol. The van der Waals surface area contributed by atoms with Crippen LogP contribution in [0.3, 0.4) is 0 Å². The van der Waals surface area contributed by atoms with Gasteiger partial charge in [0.25, 0.3) is 5.91 Å². The second-order valence-corrected chi connectivity index (χ2v) is 2.22. The van der Waals surface area contributed by atoms with Crippen LogP contribution in [0, 0.1) is 11.8 Å². The molecule has 0 fully saturated rings. The van der Waals surface area contributed by atoms with Gasteiger partial charge >= 0.3 is 0 Å². The Kier molecular flexibility index (Phi) is 3.45. The Labute approximate surface area is 76.4 Å². The second-order valence-electron chi connectivity index (χ2n) is 2.22. The molecule has 1 rings (SSSR count). The van der Waals surface area contributed by atoms with E-state index in [0.717, 1.165) is 0 Å². The number of nitrogens with one attached hydrogen (secondary N) is 1. The Morgan fingerprint density at radius 2 is 2.23 bits per heavy atom. The lowest BCUT2D eigenvalue weighted by atomic mass is 10.5. The van der Waals surface area contributed by atoms with Gasteiger partial charge in [-0.25, -0.2) is 9.97 Å². The lowest BCUT2D eigenvalue weighted by Gasteiger charge is -1.97. The summed E-state index contributed by atoms with van der Waals surface area (Å²) in [6.07, 6.45) is 3.25. The number of hydrogen-bond donors (Lipinski definition) is 1. The van der Waals surface area contributed by atoms with Crippen molar-refractivity contribution in [1.82, 2.24) is 15.3 Å². The van der Waals surface area contributed by atoms with Crippen molar-refractivity contribution in [2.75, 3.05) is 0 Å². The minimum absolute atomic E-state index is 0.310. The third-order valence-electron chi connectivity index (χ3n) is 1.26. The molecule has 0 bridgehead atoms. The van der Waals surface area contributed by atoms with Crippen molar-refractivity contribution in [3.63, 3.8) is 0 Å². The van der Waals surface area contributed by atoms with Crippen LogP contribution < -0.4 is 5.32 Å². The molecule has 1 aromatic heterocycles. The Balaban J connectivity index is 2.43. The van der Waals surface area contributed by atoms with Crippen molar-refractivity contribution in [2.45, 2.75) is 13.5 Å². The first-order chi connectivity index (χ1) is 6.33. The van der Waals surface area contributed by atoms with Crippen LogP contribution in [0.4, 0.5) is 0 Å². The Bertz CT molecular complexity index is 337. The summed E-state index contributed by atoms with van der Waals surface area (Å²) in [6, 6.07) is 1.72. The van der Waals surface area contributed by atoms with Crippen LogP contribution in [0.5, 0.6) is 0 Å². The molecular weight excluding hydrogens is 166 g/mol. The van der Waals surface area contributed by atoms with E-state index in [0.29, 0.717) is 12.4 Å². The lowest BCUT2D eigenvalue weighted by molar-refractivity contribution is -0.115. The highest BCUT2D eigenvalue weighted by Gasteiger charge is 1.96. The molecule has 1 heterocycles. The number of nitrogens with zero attached hydrogens (tertiary/aromatic N) is 2. The second kappa shape index (κ2) is 4.88. The lowest BCUT2D eigenvalue weighted by Crippen LogP contribution is -2.21. The van der Waals surface area contributed by atoms with Gasteiger partial charge in [-0.1, -0.05) is 5.92 Å². The molecule has 13 heavy (non-hydrogen) atoms. The van der Waals surface area contributed by atoms with Crippen molar-refractivity contribution >= 4 is 5.91 Å². The topological polar surface area (TPSA) is 54.9 Å². The van der Waals surface area contributed by atoms with Gasteiger partial charge in [0.1, 0.15) is 5.82 Å². The van der Waals surface area contributed by atoms with Crippen LogP contribution in [-0.4, -0.2) is 15.9 Å². The highest BCUT2D eigenvalue weighted by atomic mass is 16.1. The molecule has 1 aromatic rings. The van der Waals surface area contributed by atoms with Gasteiger partial charge in [-0.15, -0.1) is 0 Å². The van der Waals surface area contributed by atoms with E-state index in [-0.39, 0.29) is 5.91 Å². The van der Waals surface area contributed by atoms with Crippen molar-refractivity contribution in [2.24, 2.45) is 0 Å². The number of rotatable bonds is 2. The summed E-state index contributed by atoms with van der Waals surface area (Å²) in [5.41, 5.74) is 0. The molecule has 4 nitrogen and oxygen atoms in total. The van der Waals surface area contributed by atoms with Gasteiger partial charge in [-0.05, 0) is 18.9 Å². The molecule has 0 aliphatic rings. The molecule has 0 aliphatic heterocycles. The quantitative estimate of drug-likeness (QED) is 0.649. The maximum absolute atomic E-state index is 10.9. The van der Waals surface area contributed by atoms with Crippen LogP contribution in [-0.2, 0) is 11.3 Å². The number of carbonyl (C=O) groups is 1. The average molecular weight is 175 g/mol. The van der Waals surface area contributed by atoms with Crippen molar-refractivity contribution in [3.05, 3.63) is 24.3 Å². The molecule has 0 aromatic carbocycles. The first-order valence-corrected chi connectivity index (χ1v) is 3.79. The fourth-order valence-corrected chi connectivity index (χ4v) is 0.738. The van der Waals surface area contributed by atoms with Crippen LogP contribution in [0.25, 0.3) is 0 Å². The molecule has 0 saturated heterocycles. The molecule has 0 atom stereocenters. The summed E-state index contributed by atoms with van der Waals surface area (Å²) in [7, 11) is 0. The van der Waals surface area contributed by atoms with E-state index < -0.39 is 0 Å². The largest absolute Gasteiger partial charge is 0.338 e. The third-order valence-corrected chi connectivity index (χ3v) is 1.26. The Morgan fingerprint density at radius 3 is 2.85 bits per heavy atom. The van der Waals surface area contributed by atoms with E-state index in [2.05, 4.69) is 27.1 Å². The van der Waals surface area contributed by atoms with Crippen LogP contribution in [0.15, 0.2) is 18.5 Å². The standard InChI is InChI=1S/C9H9N3O/c1-2-4-9(13)12-7-8-10-5-3-6-11-8/h3,5-6H,7H2,1H3,(H,12,13). The molecular formula is C9H9N3O. The highest BCUT2D eigenvalue weighted by Crippen LogP contribution is 1.85. The number of aromatic nitrogens is 2. The molecule has 4 heteroatoms. The monoisotopic (exact) mass is 175 g/mol. The van der Waals surface area contributed by atoms with Crippen molar-refractivity contribution in [3.8, 4) is 11.8 Å². The van der Waals surface area contributed by atoms with Crippen LogP contribution >= 0.6 is 0 Å². The maximum Gasteiger partial charge on any atom is 0.296 e. The molecule has 66 valence electrons. The summed E-state index contributed by atoms with van der Waals surface area (Å²) in [5, 5.41) is 2.56. The van der Waals surface area contributed by atoms with Crippen molar-refractivity contribution in [1.29, 1.82) is 0 Å². The maximum atomic E-state index is 10.9. The SMILES string of the molecule is CC#CC(=O)NCc1ncccn1. The summed E-state index contributed by atoms with van der Waals surface area (Å²) in [4.78, 5) is 18.7. The zero-order valence-corrected chi connectivity index (χ0v) is 7.24. The average Bonchev–Trinajstić information content (AvgIpc) is 2.17. The first kappa shape index (κ1) is 9.20. The van der Waals surface area contributed by atoms with Crippen LogP contribution in [0.2, 0.25) is 0 Å². The summed E-state index contributed by atoms with van der Waals surface area (Å²) < 4.78 is 0. The highest BCUT2D eigenvalue weighted by molar-refractivity contribution is 5.93. The fourth-order valence-electron chi connectivity index (χ4n) is 0.738. The van der Waals surface area contributed by atoms with Gasteiger partial charge in [-0.3, -0.25) is 4.79 Å². The van der Waals surface area contributed by atoms with Gasteiger partial charge in [0.05, 0.1) is 6.54 Å². The van der Waals surface area contributed by atoms with E-state index in [4.69, 9.17) is 0 Å². The van der Waals surface area contributed by atoms with Crippen LogP contribution in [0.1, 0.15) is 12.7 Å². The van der Waals surface area contributed by atoms with E-state index in [9.17, 15) is 4.79 Å². The zero-order valence-electron chi connectivity index (χ0n) is 7.24. The zero-order chi connectivity index (χ0) is 9.52. The van der Waals surface area contributed by atoms with E-state index >= 15 is 0 Å². The third kappa shape index (κ3) is 3.34.